The molecule has 156 valence electrons. The van der Waals surface area contributed by atoms with E-state index in [0.717, 1.165) is 11.1 Å². The molecule has 7 nitrogen and oxygen atoms in total. The normalized spacial score (nSPS) is 15.2. The molecule has 30 heavy (non-hydrogen) atoms. The van der Waals surface area contributed by atoms with Gasteiger partial charge in [0.2, 0.25) is 0 Å². The predicted octanol–water partition coefficient (Wildman–Crippen LogP) is 3.96. The Bertz CT molecular complexity index is 1040. The number of carbonyl (C=O) groups excluding carboxylic acids is 1. The average Bonchev–Trinajstić information content (AvgIpc) is 3.04. The second kappa shape index (κ2) is 9.64. The second-order valence-electron chi connectivity index (χ2n) is 5.97. The molecule has 0 bridgehead atoms. The van der Waals surface area contributed by atoms with E-state index in [1.165, 1.54) is 16.8 Å². The molecule has 0 atom stereocenters. The summed E-state index contributed by atoms with van der Waals surface area (Å²) < 4.78 is 21.4. The molecular weight excluding hydrogens is 424 g/mol. The molecule has 0 N–H and O–H groups in total. The molecule has 0 saturated carbocycles. The quantitative estimate of drug-likeness (QED) is 0.364. The zero-order chi connectivity index (χ0) is 21.7. The van der Waals surface area contributed by atoms with E-state index in [9.17, 15) is 4.79 Å². The van der Waals surface area contributed by atoms with Crippen LogP contribution in [0.2, 0.25) is 0 Å². The van der Waals surface area contributed by atoms with Crippen LogP contribution in [0.25, 0.3) is 6.08 Å². The molecule has 0 radical (unpaired) electrons. The van der Waals surface area contributed by atoms with Gasteiger partial charge in [-0.2, -0.15) is 10.1 Å². The van der Waals surface area contributed by atoms with E-state index in [1.807, 2.05) is 12.1 Å². The minimum atomic E-state index is -0.295. The lowest BCUT2D eigenvalue weighted by molar-refractivity contribution is -0.122. The van der Waals surface area contributed by atoms with Gasteiger partial charge < -0.3 is 18.9 Å². The molecule has 1 heterocycles. The number of carbonyl (C=O) groups is 1. The van der Waals surface area contributed by atoms with Gasteiger partial charge in [0.1, 0.15) is 0 Å². The molecule has 1 aliphatic rings. The SMILES string of the molecule is COc1ccc(/C=N/N2C(=O)/C(=C\c3ccc(OC)c(OC)c3)SC2=S)cc1OC. The lowest BCUT2D eigenvalue weighted by Crippen LogP contribution is -2.22. The molecule has 1 aliphatic heterocycles. The number of methoxy groups -OCH3 is 4. The first-order valence-corrected chi connectivity index (χ1v) is 9.99. The Labute approximate surface area is 184 Å². The van der Waals surface area contributed by atoms with Crippen molar-refractivity contribution in [3.63, 3.8) is 0 Å². The van der Waals surface area contributed by atoms with E-state index < -0.39 is 0 Å². The fourth-order valence-electron chi connectivity index (χ4n) is 2.71. The molecule has 1 saturated heterocycles. The molecule has 2 aromatic rings. The Morgan fingerprint density at radius 1 is 0.867 bits per heavy atom. The summed E-state index contributed by atoms with van der Waals surface area (Å²) in [6, 6.07) is 10.7. The van der Waals surface area contributed by atoms with Crippen LogP contribution in [-0.2, 0) is 4.79 Å². The number of hydrazone groups is 1. The van der Waals surface area contributed by atoms with Gasteiger partial charge in [-0.15, -0.1) is 0 Å². The third-order valence-corrected chi connectivity index (χ3v) is 5.49. The second-order valence-corrected chi connectivity index (χ2v) is 7.64. The van der Waals surface area contributed by atoms with Gasteiger partial charge in [-0.05, 0) is 59.8 Å². The van der Waals surface area contributed by atoms with Gasteiger partial charge in [-0.3, -0.25) is 4.79 Å². The van der Waals surface area contributed by atoms with Crippen LogP contribution in [-0.4, -0.2) is 49.9 Å². The van der Waals surface area contributed by atoms with Crippen molar-refractivity contribution in [2.75, 3.05) is 28.4 Å². The van der Waals surface area contributed by atoms with Crippen molar-refractivity contribution in [2.24, 2.45) is 5.10 Å². The van der Waals surface area contributed by atoms with Crippen molar-refractivity contribution in [2.45, 2.75) is 0 Å². The Morgan fingerprint density at radius 3 is 1.97 bits per heavy atom. The van der Waals surface area contributed by atoms with Crippen molar-refractivity contribution in [3.05, 3.63) is 52.4 Å². The van der Waals surface area contributed by atoms with Crippen LogP contribution in [0.15, 0.2) is 46.4 Å². The number of nitrogens with zero attached hydrogens (tertiary/aromatic N) is 2. The number of benzene rings is 2. The molecule has 2 aromatic carbocycles. The van der Waals surface area contributed by atoms with Crippen LogP contribution in [0.1, 0.15) is 11.1 Å². The summed E-state index contributed by atoms with van der Waals surface area (Å²) in [6.45, 7) is 0. The molecule has 1 amide bonds. The third kappa shape index (κ3) is 4.58. The van der Waals surface area contributed by atoms with Crippen LogP contribution in [0.4, 0.5) is 0 Å². The molecule has 0 spiro atoms. The van der Waals surface area contributed by atoms with E-state index in [4.69, 9.17) is 31.2 Å². The van der Waals surface area contributed by atoms with Crippen molar-refractivity contribution in [3.8, 4) is 23.0 Å². The van der Waals surface area contributed by atoms with E-state index in [1.54, 1.807) is 65.0 Å². The average molecular weight is 445 g/mol. The number of rotatable bonds is 7. The minimum Gasteiger partial charge on any atom is -0.493 e. The largest absolute Gasteiger partial charge is 0.493 e. The summed E-state index contributed by atoms with van der Waals surface area (Å²) in [6.07, 6.45) is 3.29. The maximum atomic E-state index is 12.8. The molecule has 3 rings (SSSR count). The maximum absolute atomic E-state index is 12.8. The van der Waals surface area contributed by atoms with E-state index in [-0.39, 0.29) is 5.91 Å². The number of ether oxygens (including phenoxy) is 4. The van der Waals surface area contributed by atoms with Gasteiger partial charge in [-0.25, -0.2) is 0 Å². The van der Waals surface area contributed by atoms with Crippen LogP contribution in [0.5, 0.6) is 23.0 Å². The smallest absolute Gasteiger partial charge is 0.286 e. The maximum Gasteiger partial charge on any atom is 0.286 e. The zero-order valence-corrected chi connectivity index (χ0v) is 18.5. The lowest BCUT2D eigenvalue weighted by atomic mass is 10.2. The summed E-state index contributed by atoms with van der Waals surface area (Å²) in [7, 11) is 6.25. The number of hydrogen-bond acceptors (Lipinski definition) is 8. The highest BCUT2D eigenvalue weighted by Gasteiger charge is 2.32. The highest BCUT2D eigenvalue weighted by molar-refractivity contribution is 8.26. The van der Waals surface area contributed by atoms with Gasteiger partial charge in [0.25, 0.3) is 5.91 Å². The molecule has 1 fully saturated rings. The number of amides is 1. The molecule has 0 aromatic heterocycles. The monoisotopic (exact) mass is 444 g/mol. The lowest BCUT2D eigenvalue weighted by Gasteiger charge is -2.09. The summed E-state index contributed by atoms with van der Waals surface area (Å²) in [4.78, 5) is 13.2. The predicted molar refractivity (Wildman–Crippen MR) is 122 cm³/mol. The topological polar surface area (TPSA) is 69.6 Å². The number of thioether (sulfide) groups is 1. The molecule has 0 unspecified atom stereocenters. The van der Waals surface area contributed by atoms with E-state index >= 15 is 0 Å². The third-order valence-electron chi connectivity index (χ3n) is 4.21. The van der Waals surface area contributed by atoms with Crippen molar-refractivity contribution >= 4 is 46.5 Å². The van der Waals surface area contributed by atoms with Crippen molar-refractivity contribution in [1.29, 1.82) is 0 Å². The van der Waals surface area contributed by atoms with Gasteiger partial charge in [0, 0.05) is 0 Å². The Hall–Kier alpha value is -3.04. The Balaban J connectivity index is 1.81. The first-order valence-electron chi connectivity index (χ1n) is 8.76. The first kappa shape index (κ1) is 21.7. The number of thiocarbonyl (C=S) groups is 1. The van der Waals surface area contributed by atoms with E-state index in [2.05, 4.69) is 5.10 Å². The Kier molecular flexibility index (Phi) is 6.96. The van der Waals surface area contributed by atoms with E-state index in [0.29, 0.717) is 32.2 Å². The minimum absolute atomic E-state index is 0.295. The molecule has 9 heteroatoms. The van der Waals surface area contributed by atoms with Crippen LogP contribution in [0.3, 0.4) is 0 Å². The standard InChI is InChI=1S/C21H20N2O5S2/c1-25-15-7-5-13(9-17(15)27-3)11-19-20(24)23(21(29)30-19)22-12-14-6-8-16(26-2)18(10-14)28-4/h5-12H,1-4H3/b19-11+,22-12+. The van der Waals surface area contributed by atoms with Crippen molar-refractivity contribution < 1.29 is 23.7 Å². The highest BCUT2D eigenvalue weighted by Crippen LogP contribution is 2.35. The van der Waals surface area contributed by atoms with Gasteiger partial charge >= 0.3 is 0 Å². The van der Waals surface area contributed by atoms with Crippen LogP contribution >= 0.6 is 24.0 Å². The fraction of sp³-hybridized carbons (Fsp3) is 0.190. The highest BCUT2D eigenvalue weighted by atomic mass is 32.2. The van der Waals surface area contributed by atoms with Gasteiger partial charge in [0.15, 0.2) is 27.3 Å². The summed E-state index contributed by atoms with van der Waals surface area (Å²) in [5, 5.41) is 5.45. The van der Waals surface area contributed by atoms with Crippen LogP contribution in [0, 0.1) is 0 Å². The molecular formula is C21H20N2O5S2. The summed E-state index contributed by atoms with van der Waals surface area (Å²) >= 11 is 6.51. The summed E-state index contributed by atoms with van der Waals surface area (Å²) in [5.74, 6) is 2.07. The van der Waals surface area contributed by atoms with Crippen LogP contribution < -0.4 is 18.9 Å². The summed E-state index contributed by atoms with van der Waals surface area (Å²) in [5.41, 5.74) is 1.53. The Morgan fingerprint density at radius 2 is 1.40 bits per heavy atom. The zero-order valence-electron chi connectivity index (χ0n) is 16.9. The van der Waals surface area contributed by atoms with Gasteiger partial charge in [-0.1, -0.05) is 17.8 Å². The first-order chi connectivity index (χ1) is 14.5. The fourth-order valence-corrected chi connectivity index (χ4v) is 3.88. The molecule has 0 aliphatic carbocycles. The van der Waals surface area contributed by atoms with Crippen molar-refractivity contribution in [1.82, 2.24) is 5.01 Å². The van der Waals surface area contributed by atoms with Gasteiger partial charge in [0.05, 0.1) is 39.6 Å². The number of hydrogen-bond donors (Lipinski definition) is 0.